The van der Waals surface area contributed by atoms with Gasteiger partial charge in [0.15, 0.2) is 0 Å². The van der Waals surface area contributed by atoms with Gasteiger partial charge in [0, 0.05) is 0 Å². The molecule has 1 aromatic rings. The minimum atomic E-state index is -1.10. The van der Waals surface area contributed by atoms with E-state index in [2.05, 4.69) is 4.98 Å². The number of aromatic nitrogens is 1. The van der Waals surface area contributed by atoms with Crippen LogP contribution in [-0.4, -0.2) is 16.1 Å². The largest absolute Gasteiger partial charge is 0.480 e. The number of aliphatic carboxylic acids is 1. The Hall–Kier alpha value is -1.62. The van der Waals surface area contributed by atoms with Gasteiger partial charge in [-0.1, -0.05) is 0 Å². The second-order valence-corrected chi connectivity index (χ2v) is 2.33. The van der Waals surface area contributed by atoms with Gasteiger partial charge in [-0.25, -0.2) is 0 Å². The van der Waals surface area contributed by atoms with Crippen molar-refractivity contribution >= 4 is 11.7 Å². The first-order valence-electron chi connectivity index (χ1n) is 3.31. The molecule has 12 heavy (non-hydrogen) atoms. The molecule has 0 spiro atoms. The molecule has 0 aliphatic rings. The molecule has 1 unspecified atom stereocenters. The van der Waals surface area contributed by atoms with Crippen LogP contribution in [-0.2, 0) is 4.79 Å². The second-order valence-electron chi connectivity index (χ2n) is 2.33. The highest BCUT2D eigenvalue weighted by Gasteiger charge is 2.14. The van der Waals surface area contributed by atoms with E-state index in [9.17, 15) is 4.79 Å². The minimum absolute atomic E-state index is 0.303. The zero-order valence-electron chi connectivity index (χ0n) is 6.27. The van der Waals surface area contributed by atoms with Crippen LogP contribution in [0.5, 0.6) is 0 Å². The fourth-order valence-electron chi connectivity index (χ4n) is 0.727. The maximum absolute atomic E-state index is 10.4. The standard InChI is InChI=1S/C7H9N3O2/c8-4-1-2-5(10-3-4)6(9)7(11)12/h1-3,6H,8-9H2,(H,11,12). The lowest BCUT2D eigenvalue weighted by molar-refractivity contribution is -0.138. The number of carbonyl (C=O) groups is 1. The van der Waals surface area contributed by atoms with Crippen LogP contribution in [0.4, 0.5) is 5.69 Å². The van der Waals surface area contributed by atoms with E-state index in [1.165, 1.54) is 12.3 Å². The number of hydrogen-bond acceptors (Lipinski definition) is 4. The average molecular weight is 167 g/mol. The normalized spacial score (nSPS) is 12.4. The molecule has 5 nitrogen and oxygen atoms in total. The summed E-state index contributed by atoms with van der Waals surface area (Å²) < 4.78 is 0. The molecular weight excluding hydrogens is 158 g/mol. The number of carboxylic acids is 1. The first kappa shape index (κ1) is 8.48. The molecule has 0 bridgehead atoms. The van der Waals surface area contributed by atoms with Crippen molar-refractivity contribution in [2.24, 2.45) is 5.73 Å². The summed E-state index contributed by atoms with van der Waals surface area (Å²) >= 11 is 0. The summed E-state index contributed by atoms with van der Waals surface area (Å²) in [5, 5.41) is 8.51. The smallest absolute Gasteiger partial charge is 0.326 e. The number of anilines is 1. The fraction of sp³-hybridized carbons (Fsp3) is 0.143. The molecule has 0 radical (unpaired) electrons. The second kappa shape index (κ2) is 3.19. The highest BCUT2D eigenvalue weighted by Crippen LogP contribution is 2.08. The van der Waals surface area contributed by atoms with Crippen molar-refractivity contribution in [3.05, 3.63) is 24.0 Å². The summed E-state index contributed by atoms with van der Waals surface area (Å²) in [6.45, 7) is 0. The van der Waals surface area contributed by atoms with E-state index in [4.69, 9.17) is 16.6 Å². The maximum Gasteiger partial charge on any atom is 0.326 e. The first-order valence-corrected chi connectivity index (χ1v) is 3.31. The third-order valence-corrected chi connectivity index (χ3v) is 1.39. The molecule has 1 heterocycles. The van der Waals surface area contributed by atoms with Gasteiger partial charge in [-0.2, -0.15) is 0 Å². The van der Waals surface area contributed by atoms with E-state index in [1.54, 1.807) is 6.07 Å². The summed E-state index contributed by atoms with van der Waals surface area (Å²) in [6, 6.07) is 1.98. The number of nitrogens with zero attached hydrogens (tertiary/aromatic N) is 1. The Balaban J connectivity index is 2.89. The van der Waals surface area contributed by atoms with Gasteiger partial charge in [0.1, 0.15) is 6.04 Å². The SMILES string of the molecule is Nc1ccc(C(N)C(=O)O)nc1. The maximum atomic E-state index is 10.4. The summed E-state index contributed by atoms with van der Waals surface area (Å²) in [5.74, 6) is -1.10. The van der Waals surface area contributed by atoms with Crippen LogP contribution in [0.15, 0.2) is 18.3 Å². The lowest BCUT2D eigenvalue weighted by atomic mass is 10.2. The van der Waals surface area contributed by atoms with Crippen molar-refractivity contribution in [3.8, 4) is 0 Å². The molecule has 0 aliphatic carbocycles. The fourth-order valence-corrected chi connectivity index (χ4v) is 0.727. The molecular formula is C7H9N3O2. The highest BCUT2D eigenvalue weighted by atomic mass is 16.4. The van der Waals surface area contributed by atoms with Crippen LogP contribution in [0.1, 0.15) is 11.7 Å². The monoisotopic (exact) mass is 167 g/mol. The number of carboxylic acid groups (broad SMARTS) is 1. The Bertz CT molecular complexity index is 283. The van der Waals surface area contributed by atoms with E-state index in [-0.39, 0.29) is 0 Å². The number of rotatable bonds is 2. The molecule has 5 N–H and O–H groups in total. The van der Waals surface area contributed by atoms with E-state index in [0.717, 1.165) is 0 Å². The predicted octanol–water partition coefficient (Wildman–Crippen LogP) is -0.252. The van der Waals surface area contributed by atoms with E-state index in [1.807, 2.05) is 0 Å². The molecule has 1 rings (SSSR count). The van der Waals surface area contributed by atoms with Gasteiger partial charge in [0.2, 0.25) is 0 Å². The van der Waals surface area contributed by atoms with Crippen LogP contribution < -0.4 is 11.5 Å². The Labute approximate surface area is 69.0 Å². The van der Waals surface area contributed by atoms with Crippen molar-refractivity contribution in [2.45, 2.75) is 6.04 Å². The van der Waals surface area contributed by atoms with Crippen LogP contribution in [0.2, 0.25) is 0 Å². The highest BCUT2D eigenvalue weighted by molar-refractivity contribution is 5.74. The quantitative estimate of drug-likeness (QED) is 0.563. The van der Waals surface area contributed by atoms with Crippen LogP contribution in [0.25, 0.3) is 0 Å². The predicted molar refractivity (Wildman–Crippen MR) is 43.2 cm³/mol. The Morgan fingerprint density at radius 3 is 2.67 bits per heavy atom. The number of nitrogen functional groups attached to an aromatic ring is 1. The average Bonchev–Trinajstić information content (AvgIpc) is 2.04. The van der Waals surface area contributed by atoms with E-state index >= 15 is 0 Å². The van der Waals surface area contributed by atoms with Gasteiger partial charge in [-0.15, -0.1) is 0 Å². The summed E-state index contributed by atoms with van der Waals surface area (Å²) in [4.78, 5) is 14.2. The van der Waals surface area contributed by atoms with Crippen molar-refractivity contribution in [1.29, 1.82) is 0 Å². The third-order valence-electron chi connectivity index (χ3n) is 1.39. The first-order chi connectivity index (χ1) is 5.61. The van der Waals surface area contributed by atoms with Crippen molar-refractivity contribution in [2.75, 3.05) is 5.73 Å². The Morgan fingerprint density at radius 2 is 2.25 bits per heavy atom. The van der Waals surface area contributed by atoms with E-state index in [0.29, 0.717) is 11.4 Å². The topological polar surface area (TPSA) is 102 Å². The van der Waals surface area contributed by atoms with Gasteiger partial charge in [-0.3, -0.25) is 9.78 Å². The van der Waals surface area contributed by atoms with Crippen LogP contribution in [0.3, 0.4) is 0 Å². The Morgan fingerprint density at radius 1 is 1.58 bits per heavy atom. The molecule has 0 amide bonds. The molecule has 5 heteroatoms. The van der Waals surface area contributed by atoms with Crippen molar-refractivity contribution in [1.82, 2.24) is 4.98 Å². The third kappa shape index (κ3) is 1.70. The van der Waals surface area contributed by atoms with Crippen LogP contribution >= 0.6 is 0 Å². The van der Waals surface area contributed by atoms with Crippen LogP contribution in [0, 0.1) is 0 Å². The molecule has 64 valence electrons. The molecule has 0 aromatic carbocycles. The number of nitrogens with two attached hydrogens (primary N) is 2. The van der Waals surface area contributed by atoms with Gasteiger partial charge in [0.25, 0.3) is 0 Å². The summed E-state index contributed by atoms with van der Waals surface area (Å²) in [6.07, 6.45) is 1.37. The van der Waals surface area contributed by atoms with Crippen molar-refractivity contribution < 1.29 is 9.90 Å². The molecule has 0 saturated carbocycles. The van der Waals surface area contributed by atoms with Gasteiger partial charge in [0.05, 0.1) is 17.6 Å². The zero-order valence-corrected chi connectivity index (χ0v) is 6.27. The zero-order chi connectivity index (χ0) is 9.14. The van der Waals surface area contributed by atoms with Gasteiger partial charge < -0.3 is 16.6 Å². The molecule has 1 atom stereocenters. The number of pyridine rings is 1. The van der Waals surface area contributed by atoms with Crippen molar-refractivity contribution in [3.63, 3.8) is 0 Å². The van der Waals surface area contributed by atoms with Gasteiger partial charge >= 0.3 is 5.97 Å². The molecule has 0 aliphatic heterocycles. The molecule has 0 saturated heterocycles. The van der Waals surface area contributed by atoms with Gasteiger partial charge in [-0.05, 0) is 12.1 Å². The Kier molecular flexibility index (Phi) is 2.25. The summed E-state index contributed by atoms with van der Waals surface area (Å²) in [5.41, 5.74) is 11.4. The minimum Gasteiger partial charge on any atom is -0.480 e. The lowest BCUT2D eigenvalue weighted by Crippen LogP contribution is -2.21. The lowest BCUT2D eigenvalue weighted by Gasteiger charge is -2.04. The number of hydrogen-bond donors (Lipinski definition) is 3. The van der Waals surface area contributed by atoms with E-state index < -0.39 is 12.0 Å². The molecule has 0 fully saturated rings. The molecule has 1 aromatic heterocycles. The summed E-state index contributed by atoms with van der Waals surface area (Å²) in [7, 11) is 0.